The van der Waals surface area contributed by atoms with Crippen molar-refractivity contribution in [2.75, 3.05) is 19.6 Å². The van der Waals surface area contributed by atoms with Crippen LogP contribution in [0, 0.1) is 0 Å². The zero-order valence-corrected chi connectivity index (χ0v) is 9.37. The van der Waals surface area contributed by atoms with Crippen LogP contribution < -0.4 is 5.32 Å². The Hall–Kier alpha value is -1.40. The van der Waals surface area contributed by atoms with Crippen molar-refractivity contribution in [3.8, 4) is 0 Å². The zero-order valence-electron chi connectivity index (χ0n) is 8.55. The maximum atomic E-state index is 12.0. The Morgan fingerprint density at radius 3 is 3.00 bits per heavy atom. The van der Waals surface area contributed by atoms with Crippen LogP contribution in [0.1, 0.15) is 10.4 Å². The van der Waals surface area contributed by atoms with E-state index in [-0.39, 0.29) is 5.91 Å². The van der Waals surface area contributed by atoms with Crippen LogP contribution in [0.15, 0.2) is 16.8 Å². The van der Waals surface area contributed by atoms with Crippen LogP contribution in [0.25, 0.3) is 0 Å². The Morgan fingerprint density at radius 2 is 2.38 bits per heavy atom. The number of carbonyl (C=O) groups excluding carboxylic acids is 1. The molecule has 16 heavy (non-hydrogen) atoms. The molecule has 2 N–H and O–H groups in total. The molecule has 5 nitrogen and oxygen atoms in total. The second-order valence-electron chi connectivity index (χ2n) is 3.57. The van der Waals surface area contributed by atoms with Crippen molar-refractivity contribution in [1.82, 2.24) is 10.2 Å². The lowest BCUT2D eigenvalue weighted by molar-refractivity contribution is -0.142. The van der Waals surface area contributed by atoms with Gasteiger partial charge in [-0.1, -0.05) is 0 Å². The van der Waals surface area contributed by atoms with Crippen LogP contribution in [0.4, 0.5) is 0 Å². The standard InChI is InChI=1S/C10H12N2O3S/c13-9(7-1-4-16-6-7)12-3-2-11-5-8(12)10(14)15/h1,4,6,8,11H,2-3,5H2,(H,14,15). The number of hydrogen-bond donors (Lipinski definition) is 2. The molecular weight excluding hydrogens is 228 g/mol. The predicted octanol–water partition coefficient (Wildman–Crippen LogP) is 0.247. The van der Waals surface area contributed by atoms with Gasteiger partial charge in [0.1, 0.15) is 6.04 Å². The molecule has 86 valence electrons. The van der Waals surface area contributed by atoms with Gasteiger partial charge in [0, 0.05) is 25.0 Å². The molecule has 0 aromatic carbocycles. The van der Waals surface area contributed by atoms with E-state index in [0.717, 1.165) is 0 Å². The van der Waals surface area contributed by atoms with Gasteiger partial charge in [-0.25, -0.2) is 4.79 Å². The van der Waals surface area contributed by atoms with Crippen LogP contribution in [0.3, 0.4) is 0 Å². The van der Waals surface area contributed by atoms with E-state index in [1.165, 1.54) is 16.2 Å². The summed E-state index contributed by atoms with van der Waals surface area (Å²) in [7, 11) is 0. The number of hydrogen-bond acceptors (Lipinski definition) is 4. The molecule has 1 amide bonds. The van der Waals surface area contributed by atoms with Crippen molar-refractivity contribution >= 4 is 23.2 Å². The lowest BCUT2D eigenvalue weighted by atomic mass is 10.1. The van der Waals surface area contributed by atoms with Crippen molar-refractivity contribution in [3.63, 3.8) is 0 Å². The number of piperazine rings is 1. The van der Waals surface area contributed by atoms with Crippen LogP contribution in [0.2, 0.25) is 0 Å². The normalized spacial score (nSPS) is 20.8. The van der Waals surface area contributed by atoms with Crippen molar-refractivity contribution in [3.05, 3.63) is 22.4 Å². The number of carbonyl (C=O) groups is 2. The first-order chi connectivity index (χ1) is 7.70. The number of nitrogens with zero attached hydrogens (tertiary/aromatic N) is 1. The van der Waals surface area contributed by atoms with Crippen LogP contribution >= 0.6 is 11.3 Å². The Labute approximate surface area is 96.7 Å². The van der Waals surface area contributed by atoms with Crippen molar-refractivity contribution in [1.29, 1.82) is 0 Å². The highest BCUT2D eigenvalue weighted by atomic mass is 32.1. The molecule has 0 radical (unpaired) electrons. The molecule has 2 rings (SSSR count). The Morgan fingerprint density at radius 1 is 1.56 bits per heavy atom. The fraction of sp³-hybridized carbons (Fsp3) is 0.400. The summed E-state index contributed by atoms with van der Waals surface area (Å²) in [6.45, 7) is 1.39. The fourth-order valence-corrected chi connectivity index (χ4v) is 2.35. The third kappa shape index (κ3) is 2.07. The largest absolute Gasteiger partial charge is 0.480 e. The Kier molecular flexibility index (Phi) is 3.21. The van der Waals surface area contributed by atoms with E-state index >= 15 is 0 Å². The molecule has 1 aromatic rings. The first-order valence-electron chi connectivity index (χ1n) is 4.97. The molecule has 0 bridgehead atoms. The second-order valence-corrected chi connectivity index (χ2v) is 4.35. The summed E-state index contributed by atoms with van der Waals surface area (Å²) in [5.74, 6) is -1.16. The number of rotatable bonds is 2. The van der Waals surface area contributed by atoms with Gasteiger partial charge in [-0.15, -0.1) is 0 Å². The van der Waals surface area contributed by atoms with Crippen molar-refractivity contribution in [2.45, 2.75) is 6.04 Å². The highest BCUT2D eigenvalue weighted by Crippen LogP contribution is 2.13. The zero-order chi connectivity index (χ0) is 11.5. The van der Waals surface area contributed by atoms with Crippen molar-refractivity contribution in [2.24, 2.45) is 0 Å². The number of nitrogens with one attached hydrogen (secondary N) is 1. The summed E-state index contributed by atoms with van der Waals surface area (Å²) in [6, 6.07) is 0.953. The number of carboxylic acids is 1. The van der Waals surface area contributed by atoms with Crippen LogP contribution in [0.5, 0.6) is 0 Å². The van der Waals surface area contributed by atoms with Gasteiger partial charge < -0.3 is 15.3 Å². The maximum absolute atomic E-state index is 12.0. The summed E-state index contributed by atoms with van der Waals surface area (Å²) >= 11 is 1.43. The van der Waals surface area contributed by atoms with Gasteiger partial charge in [-0.2, -0.15) is 11.3 Å². The van der Waals surface area contributed by atoms with E-state index in [1.807, 2.05) is 5.38 Å². The molecular formula is C10H12N2O3S. The number of carboxylic acid groups (broad SMARTS) is 1. The monoisotopic (exact) mass is 240 g/mol. The van der Waals surface area contributed by atoms with Gasteiger partial charge in [-0.05, 0) is 11.4 Å². The minimum atomic E-state index is -0.962. The second kappa shape index (κ2) is 4.63. The van der Waals surface area contributed by atoms with Crippen LogP contribution in [-0.2, 0) is 4.79 Å². The third-order valence-corrected chi connectivity index (χ3v) is 3.24. The van der Waals surface area contributed by atoms with E-state index in [4.69, 9.17) is 5.11 Å². The molecule has 1 aliphatic heterocycles. The summed E-state index contributed by atoms with van der Waals surface area (Å²) in [5.41, 5.74) is 0.568. The van der Waals surface area contributed by atoms with Gasteiger partial charge in [0.15, 0.2) is 0 Å². The van der Waals surface area contributed by atoms with Gasteiger partial charge in [-0.3, -0.25) is 4.79 Å². The summed E-state index contributed by atoms with van der Waals surface area (Å²) in [6.07, 6.45) is 0. The third-order valence-electron chi connectivity index (χ3n) is 2.56. The van der Waals surface area contributed by atoms with Crippen LogP contribution in [-0.4, -0.2) is 47.6 Å². The van der Waals surface area contributed by atoms with E-state index in [0.29, 0.717) is 25.2 Å². The van der Waals surface area contributed by atoms with E-state index in [9.17, 15) is 9.59 Å². The average Bonchev–Trinajstić information content (AvgIpc) is 2.81. The molecule has 1 aromatic heterocycles. The van der Waals surface area contributed by atoms with Gasteiger partial charge >= 0.3 is 5.97 Å². The lowest BCUT2D eigenvalue weighted by Crippen LogP contribution is -2.56. The van der Waals surface area contributed by atoms with E-state index < -0.39 is 12.0 Å². The summed E-state index contributed by atoms with van der Waals surface area (Å²) in [4.78, 5) is 24.4. The Bertz CT molecular complexity index is 391. The molecule has 2 heterocycles. The van der Waals surface area contributed by atoms with Crippen molar-refractivity contribution < 1.29 is 14.7 Å². The van der Waals surface area contributed by atoms with Gasteiger partial charge in [0.25, 0.3) is 5.91 Å². The SMILES string of the molecule is O=C(O)C1CNCCN1C(=O)c1ccsc1. The van der Waals surface area contributed by atoms with E-state index in [1.54, 1.807) is 11.4 Å². The van der Waals surface area contributed by atoms with E-state index in [2.05, 4.69) is 5.32 Å². The average molecular weight is 240 g/mol. The summed E-state index contributed by atoms with van der Waals surface area (Å²) < 4.78 is 0. The highest BCUT2D eigenvalue weighted by Gasteiger charge is 2.32. The fourth-order valence-electron chi connectivity index (χ4n) is 1.72. The molecule has 0 saturated carbocycles. The molecule has 0 aliphatic carbocycles. The molecule has 1 aliphatic rings. The van der Waals surface area contributed by atoms with Gasteiger partial charge in [0.05, 0.1) is 5.56 Å². The number of amides is 1. The maximum Gasteiger partial charge on any atom is 0.327 e. The molecule has 6 heteroatoms. The molecule has 1 unspecified atom stereocenters. The predicted molar refractivity (Wildman–Crippen MR) is 59.6 cm³/mol. The number of aliphatic carboxylic acids is 1. The molecule has 1 saturated heterocycles. The minimum Gasteiger partial charge on any atom is -0.480 e. The summed E-state index contributed by atoms with van der Waals surface area (Å²) in [5, 5.41) is 15.5. The topological polar surface area (TPSA) is 69.6 Å². The lowest BCUT2D eigenvalue weighted by Gasteiger charge is -2.33. The first kappa shape index (κ1) is 11.1. The molecule has 0 spiro atoms. The Balaban J connectivity index is 2.17. The molecule has 1 atom stereocenters. The quantitative estimate of drug-likeness (QED) is 0.777. The first-order valence-corrected chi connectivity index (χ1v) is 5.91. The smallest absolute Gasteiger partial charge is 0.327 e. The number of thiophene rings is 1. The minimum absolute atomic E-state index is 0.199. The van der Waals surface area contributed by atoms with Gasteiger partial charge in [0.2, 0.25) is 0 Å². The highest BCUT2D eigenvalue weighted by molar-refractivity contribution is 7.08. The molecule has 1 fully saturated rings.